The molecule has 19 heavy (non-hydrogen) atoms. The second-order valence-electron chi connectivity index (χ2n) is 5.51. The highest BCUT2D eigenvalue weighted by atomic mass is 16.5. The summed E-state index contributed by atoms with van der Waals surface area (Å²) in [5.41, 5.74) is 0.302. The molecule has 2 atom stereocenters. The Labute approximate surface area is 112 Å². The summed E-state index contributed by atoms with van der Waals surface area (Å²) in [7, 11) is 0. The van der Waals surface area contributed by atoms with E-state index in [4.69, 9.17) is 4.74 Å². The molecule has 0 radical (unpaired) electrons. The molecule has 0 amide bonds. The molecule has 1 N–H and O–H groups in total. The number of carboxylic acids is 1. The van der Waals surface area contributed by atoms with E-state index in [1.54, 1.807) is 0 Å². The standard InChI is InChI=1S/C13H19N3O3/c1-2-16-4-3-11(14-16)6-15-5-10-7-19-9-13(10,8-15)12(17)18/h3-4,10H,2,5-9H2,1H3,(H,17,18)/t10-,13-/m1/s1. The van der Waals surface area contributed by atoms with E-state index in [-0.39, 0.29) is 5.92 Å². The number of carbonyl (C=O) groups is 1. The number of aliphatic carboxylic acids is 1. The van der Waals surface area contributed by atoms with Crippen LogP contribution in [0.2, 0.25) is 0 Å². The van der Waals surface area contributed by atoms with Gasteiger partial charge in [-0.05, 0) is 13.0 Å². The van der Waals surface area contributed by atoms with Gasteiger partial charge in [-0.25, -0.2) is 0 Å². The molecule has 1 aromatic rings. The van der Waals surface area contributed by atoms with Crippen molar-refractivity contribution in [3.05, 3.63) is 18.0 Å². The Bertz CT molecular complexity index is 487. The molecule has 6 nitrogen and oxygen atoms in total. The topological polar surface area (TPSA) is 67.6 Å². The van der Waals surface area contributed by atoms with Gasteiger partial charge >= 0.3 is 5.97 Å². The van der Waals surface area contributed by atoms with Crippen LogP contribution >= 0.6 is 0 Å². The second kappa shape index (κ2) is 4.61. The van der Waals surface area contributed by atoms with Gasteiger partial charge < -0.3 is 9.84 Å². The van der Waals surface area contributed by atoms with Crippen LogP contribution in [0.3, 0.4) is 0 Å². The Morgan fingerprint density at radius 3 is 3.16 bits per heavy atom. The average molecular weight is 265 g/mol. The molecule has 3 rings (SSSR count). The van der Waals surface area contributed by atoms with Crippen molar-refractivity contribution in [2.24, 2.45) is 11.3 Å². The maximum atomic E-state index is 11.5. The maximum absolute atomic E-state index is 11.5. The molecule has 2 aliphatic heterocycles. The molecule has 0 saturated carbocycles. The van der Waals surface area contributed by atoms with Crippen molar-refractivity contribution >= 4 is 5.97 Å². The van der Waals surface area contributed by atoms with E-state index in [0.717, 1.165) is 25.3 Å². The Kier molecular flexibility index (Phi) is 3.06. The molecule has 0 aliphatic carbocycles. The molecule has 2 fully saturated rings. The summed E-state index contributed by atoms with van der Waals surface area (Å²) in [6.07, 6.45) is 1.96. The molecule has 6 heteroatoms. The monoisotopic (exact) mass is 265 g/mol. The fraction of sp³-hybridized carbons (Fsp3) is 0.692. The van der Waals surface area contributed by atoms with Crippen molar-refractivity contribution in [1.29, 1.82) is 0 Å². The van der Waals surface area contributed by atoms with Gasteiger partial charge in [-0.1, -0.05) is 0 Å². The Balaban J connectivity index is 1.70. The molecular weight excluding hydrogens is 246 g/mol. The first kappa shape index (κ1) is 12.6. The zero-order valence-electron chi connectivity index (χ0n) is 11.1. The number of likely N-dealkylation sites (tertiary alicyclic amines) is 1. The number of rotatable bonds is 4. The van der Waals surface area contributed by atoms with Gasteiger partial charge in [0.15, 0.2) is 0 Å². The third kappa shape index (κ3) is 2.04. The summed E-state index contributed by atoms with van der Waals surface area (Å²) in [5.74, 6) is -0.616. The average Bonchev–Trinajstić information content (AvgIpc) is 3.02. The van der Waals surface area contributed by atoms with Gasteiger partial charge in [-0.3, -0.25) is 14.4 Å². The van der Waals surface area contributed by atoms with E-state index in [2.05, 4.69) is 10.00 Å². The summed E-state index contributed by atoms with van der Waals surface area (Å²) < 4.78 is 7.26. The highest BCUT2D eigenvalue weighted by molar-refractivity contribution is 5.76. The third-order valence-corrected chi connectivity index (χ3v) is 4.28. The summed E-state index contributed by atoms with van der Waals surface area (Å²) in [4.78, 5) is 13.7. The largest absolute Gasteiger partial charge is 0.481 e. The van der Waals surface area contributed by atoms with Gasteiger partial charge in [0, 0.05) is 38.3 Å². The van der Waals surface area contributed by atoms with E-state index in [1.165, 1.54) is 0 Å². The lowest BCUT2D eigenvalue weighted by molar-refractivity contribution is -0.149. The van der Waals surface area contributed by atoms with Crippen LogP contribution < -0.4 is 0 Å². The third-order valence-electron chi connectivity index (χ3n) is 4.28. The first-order chi connectivity index (χ1) is 9.14. The fourth-order valence-electron chi connectivity index (χ4n) is 3.16. The lowest BCUT2D eigenvalue weighted by Gasteiger charge is -2.21. The highest BCUT2D eigenvalue weighted by Gasteiger charge is 2.56. The minimum absolute atomic E-state index is 0.110. The first-order valence-corrected chi connectivity index (χ1v) is 6.70. The van der Waals surface area contributed by atoms with Gasteiger partial charge in [0.05, 0.1) is 18.9 Å². The van der Waals surface area contributed by atoms with Crippen molar-refractivity contribution < 1.29 is 14.6 Å². The van der Waals surface area contributed by atoms with E-state index in [0.29, 0.717) is 19.8 Å². The molecule has 1 aromatic heterocycles. The minimum Gasteiger partial charge on any atom is -0.481 e. The quantitative estimate of drug-likeness (QED) is 0.855. The number of nitrogens with zero attached hydrogens (tertiary/aromatic N) is 3. The van der Waals surface area contributed by atoms with Gasteiger partial charge in [0.1, 0.15) is 5.41 Å². The molecule has 104 valence electrons. The molecule has 0 aromatic carbocycles. The van der Waals surface area contributed by atoms with Crippen LogP contribution in [0.5, 0.6) is 0 Å². The molecule has 0 bridgehead atoms. The van der Waals surface area contributed by atoms with Crippen LogP contribution in [0, 0.1) is 11.3 Å². The van der Waals surface area contributed by atoms with Crippen molar-refractivity contribution in [1.82, 2.24) is 14.7 Å². The van der Waals surface area contributed by atoms with Crippen molar-refractivity contribution in [2.75, 3.05) is 26.3 Å². The van der Waals surface area contributed by atoms with Crippen LogP contribution in [-0.4, -0.2) is 52.1 Å². The Morgan fingerprint density at radius 2 is 2.53 bits per heavy atom. The number of carboxylic acid groups (broad SMARTS) is 1. The number of hydrogen-bond acceptors (Lipinski definition) is 4. The van der Waals surface area contributed by atoms with E-state index < -0.39 is 11.4 Å². The van der Waals surface area contributed by atoms with Crippen LogP contribution in [0.1, 0.15) is 12.6 Å². The van der Waals surface area contributed by atoms with Gasteiger partial charge in [0.2, 0.25) is 0 Å². The zero-order valence-corrected chi connectivity index (χ0v) is 11.1. The number of fused-ring (bicyclic) bond motifs is 1. The predicted molar refractivity (Wildman–Crippen MR) is 67.6 cm³/mol. The molecule has 2 aliphatic rings. The molecule has 0 spiro atoms. The Hall–Kier alpha value is -1.40. The van der Waals surface area contributed by atoms with E-state index >= 15 is 0 Å². The van der Waals surface area contributed by atoms with Gasteiger partial charge in [-0.15, -0.1) is 0 Å². The molecule has 2 saturated heterocycles. The summed E-state index contributed by atoms with van der Waals surface area (Å²) >= 11 is 0. The molecule has 0 unspecified atom stereocenters. The van der Waals surface area contributed by atoms with E-state index in [9.17, 15) is 9.90 Å². The van der Waals surface area contributed by atoms with Gasteiger partial charge in [0.25, 0.3) is 0 Å². The van der Waals surface area contributed by atoms with Crippen molar-refractivity contribution in [3.8, 4) is 0 Å². The summed E-state index contributed by atoms with van der Waals surface area (Å²) in [5, 5.41) is 13.9. The zero-order chi connectivity index (χ0) is 13.5. The van der Waals surface area contributed by atoms with Crippen LogP contribution in [0.4, 0.5) is 0 Å². The smallest absolute Gasteiger partial charge is 0.313 e. The lowest BCUT2D eigenvalue weighted by atomic mass is 9.81. The predicted octanol–water partition coefficient (Wildman–Crippen LogP) is 0.436. The van der Waals surface area contributed by atoms with Crippen molar-refractivity contribution in [3.63, 3.8) is 0 Å². The van der Waals surface area contributed by atoms with Crippen LogP contribution in [0.15, 0.2) is 12.3 Å². The summed E-state index contributed by atoms with van der Waals surface area (Å²) in [6.45, 7) is 5.87. The van der Waals surface area contributed by atoms with Crippen LogP contribution in [0.25, 0.3) is 0 Å². The minimum atomic E-state index is -0.725. The number of hydrogen-bond donors (Lipinski definition) is 1. The lowest BCUT2D eigenvalue weighted by Crippen LogP contribution is -2.38. The SMILES string of the molecule is CCn1ccc(CN2C[C@@H]3COC[C@]3(C(=O)O)C2)n1. The normalized spacial score (nSPS) is 30.7. The van der Waals surface area contributed by atoms with Crippen LogP contribution in [-0.2, 0) is 22.6 Å². The fourth-order valence-corrected chi connectivity index (χ4v) is 3.16. The maximum Gasteiger partial charge on any atom is 0.313 e. The van der Waals surface area contributed by atoms with Crippen molar-refractivity contribution in [2.45, 2.75) is 20.0 Å². The number of ether oxygens (including phenoxy) is 1. The number of aryl methyl sites for hydroxylation is 1. The summed E-state index contributed by atoms with van der Waals surface area (Å²) in [6, 6.07) is 2.00. The Morgan fingerprint density at radius 1 is 1.68 bits per heavy atom. The number of aromatic nitrogens is 2. The highest BCUT2D eigenvalue weighted by Crippen LogP contribution is 2.41. The van der Waals surface area contributed by atoms with Gasteiger partial charge in [-0.2, -0.15) is 5.10 Å². The molecule has 3 heterocycles. The van der Waals surface area contributed by atoms with E-state index in [1.807, 2.05) is 23.9 Å². The molecular formula is C13H19N3O3. The second-order valence-corrected chi connectivity index (χ2v) is 5.51. The first-order valence-electron chi connectivity index (χ1n) is 6.70.